The van der Waals surface area contributed by atoms with E-state index in [0.717, 1.165) is 0 Å². The molecule has 1 aromatic rings. The van der Waals surface area contributed by atoms with E-state index in [0.29, 0.717) is 12.4 Å². The van der Waals surface area contributed by atoms with Crippen LogP contribution in [0.3, 0.4) is 0 Å². The molecule has 0 aliphatic rings. The second-order valence-corrected chi connectivity index (χ2v) is 4.08. The number of aliphatic hydroxyl groups is 1. The van der Waals surface area contributed by atoms with Crippen molar-refractivity contribution >= 4 is 5.82 Å². The van der Waals surface area contributed by atoms with Crippen LogP contribution in [0.25, 0.3) is 0 Å². The van der Waals surface area contributed by atoms with Gasteiger partial charge in [-0.1, -0.05) is 13.8 Å². The Labute approximate surface area is 82.2 Å². The molecule has 0 aliphatic carbocycles. The van der Waals surface area contributed by atoms with Gasteiger partial charge in [-0.15, -0.1) is 0 Å². The molecule has 0 aromatic carbocycles. The fraction of sp³-hybridized carbons (Fsp3) is 0.556. The summed E-state index contributed by atoms with van der Waals surface area (Å²) in [6, 6.07) is 2.83. The molecule has 5 nitrogen and oxygen atoms in total. The molecule has 0 spiro atoms. The van der Waals surface area contributed by atoms with Crippen molar-refractivity contribution in [3.8, 4) is 0 Å². The monoisotopic (exact) mass is 197 g/mol. The number of nitrogen functional groups attached to an aromatic ring is 1. The summed E-state index contributed by atoms with van der Waals surface area (Å²) < 4.78 is 1.27. The normalized spacial score (nSPS) is 11.6. The van der Waals surface area contributed by atoms with Crippen LogP contribution in [0.2, 0.25) is 0 Å². The van der Waals surface area contributed by atoms with Crippen LogP contribution in [0.4, 0.5) is 5.82 Å². The fourth-order valence-corrected chi connectivity index (χ4v) is 1.03. The van der Waals surface area contributed by atoms with E-state index in [1.165, 1.54) is 16.8 Å². The number of nitrogens with zero attached hydrogens (tertiary/aromatic N) is 2. The standard InChI is InChI=1S/C9H15N3O2/c1-9(2,6-13)5-12-8(14)4-3-7(10)11-12/h3-4,13H,5-6H2,1-2H3,(H2,10,11). The Hall–Kier alpha value is -1.36. The van der Waals surface area contributed by atoms with Crippen LogP contribution in [0.5, 0.6) is 0 Å². The molecule has 0 bridgehead atoms. The highest BCUT2D eigenvalue weighted by molar-refractivity contribution is 5.23. The van der Waals surface area contributed by atoms with Gasteiger partial charge < -0.3 is 10.8 Å². The summed E-state index contributed by atoms with van der Waals surface area (Å²) in [5.74, 6) is 0.304. The van der Waals surface area contributed by atoms with E-state index in [-0.39, 0.29) is 17.6 Å². The second-order valence-electron chi connectivity index (χ2n) is 4.08. The molecule has 0 saturated heterocycles. The van der Waals surface area contributed by atoms with Crippen molar-refractivity contribution in [3.63, 3.8) is 0 Å². The zero-order chi connectivity index (χ0) is 10.8. The van der Waals surface area contributed by atoms with Gasteiger partial charge in [0.1, 0.15) is 5.82 Å². The van der Waals surface area contributed by atoms with Crippen LogP contribution in [0, 0.1) is 5.41 Å². The van der Waals surface area contributed by atoms with Gasteiger partial charge in [0.2, 0.25) is 0 Å². The van der Waals surface area contributed by atoms with Gasteiger partial charge in [-0.25, -0.2) is 4.68 Å². The van der Waals surface area contributed by atoms with E-state index in [2.05, 4.69) is 5.10 Å². The lowest BCUT2D eigenvalue weighted by Crippen LogP contribution is -2.32. The summed E-state index contributed by atoms with van der Waals surface area (Å²) in [4.78, 5) is 11.3. The number of hydrogen-bond acceptors (Lipinski definition) is 4. The zero-order valence-electron chi connectivity index (χ0n) is 8.40. The number of aliphatic hydroxyl groups excluding tert-OH is 1. The van der Waals surface area contributed by atoms with E-state index in [4.69, 9.17) is 10.8 Å². The van der Waals surface area contributed by atoms with E-state index in [1.54, 1.807) is 0 Å². The molecule has 0 amide bonds. The molecule has 1 aromatic heterocycles. The quantitative estimate of drug-likeness (QED) is 0.705. The summed E-state index contributed by atoms with van der Waals surface area (Å²) in [5.41, 5.74) is 4.88. The first-order valence-corrected chi connectivity index (χ1v) is 4.39. The van der Waals surface area contributed by atoms with Crippen LogP contribution in [0.15, 0.2) is 16.9 Å². The van der Waals surface area contributed by atoms with Crippen molar-refractivity contribution in [2.75, 3.05) is 12.3 Å². The van der Waals surface area contributed by atoms with Crippen LogP contribution in [-0.4, -0.2) is 21.5 Å². The molecule has 1 heterocycles. The molecule has 5 heteroatoms. The van der Waals surface area contributed by atoms with Crippen molar-refractivity contribution in [2.24, 2.45) is 5.41 Å². The van der Waals surface area contributed by atoms with Gasteiger partial charge in [0.15, 0.2) is 0 Å². The number of nitrogens with two attached hydrogens (primary N) is 1. The third-order valence-corrected chi connectivity index (χ3v) is 1.89. The lowest BCUT2D eigenvalue weighted by atomic mass is 9.95. The summed E-state index contributed by atoms with van der Waals surface area (Å²) in [6.07, 6.45) is 0. The van der Waals surface area contributed by atoms with Crippen molar-refractivity contribution in [2.45, 2.75) is 20.4 Å². The smallest absolute Gasteiger partial charge is 0.266 e. The summed E-state index contributed by atoms with van der Waals surface area (Å²) in [6.45, 7) is 4.05. The van der Waals surface area contributed by atoms with Crippen molar-refractivity contribution in [1.29, 1.82) is 0 Å². The third-order valence-electron chi connectivity index (χ3n) is 1.89. The molecule has 0 radical (unpaired) electrons. The van der Waals surface area contributed by atoms with Gasteiger partial charge in [0, 0.05) is 18.1 Å². The molecule has 3 N–H and O–H groups in total. The predicted molar refractivity (Wildman–Crippen MR) is 53.8 cm³/mol. The summed E-state index contributed by atoms with van der Waals surface area (Å²) >= 11 is 0. The van der Waals surface area contributed by atoms with Crippen LogP contribution < -0.4 is 11.3 Å². The second kappa shape index (κ2) is 3.79. The molecular weight excluding hydrogens is 182 g/mol. The average Bonchev–Trinajstić information content (AvgIpc) is 2.11. The zero-order valence-corrected chi connectivity index (χ0v) is 8.40. The molecule has 78 valence electrons. The minimum absolute atomic E-state index is 0.00405. The van der Waals surface area contributed by atoms with Crippen molar-refractivity contribution in [3.05, 3.63) is 22.5 Å². The van der Waals surface area contributed by atoms with Gasteiger partial charge in [0.05, 0.1) is 6.54 Å². The lowest BCUT2D eigenvalue weighted by Gasteiger charge is -2.21. The Kier molecular flexibility index (Phi) is 2.90. The molecule has 1 rings (SSSR count). The van der Waals surface area contributed by atoms with E-state index >= 15 is 0 Å². The molecule has 0 saturated carbocycles. The SMILES string of the molecule is CC(C)(CO)Cn1nc(N)ccc1=O. The van der Waals surface area contributed by atoms with Crippen LogP contribution in [0.1, 0.15) is 13.8 Å². The van der Waals surface area contributed by atoms with E-state index < -0.39 is 0 Å². The topological polar surface area (TPSA) is 81.1 Å². The number of rotatable bonds is 3. The lowest BCUT2D eigenvalue weighted by molar-refractivity contribution is 0.135. The van der Waals surface area contributed by atoms with Crippen molar-refractivity contribution in [1.82, 2.24) is 9.78 Å². The molecule has 0 atom stereocenters. The summed E-state index contributed by atoms with van der Waals surface area (Å²) in [7, 11) is 0. The highest BCUT2D eigenvalue weighted by Crippen LogP contribution is 2.14. The van der Waals surface area contributed by atoms with Gasteiger partial charge in [0.25, 0.3) is 5.56 Å². The highest BCUT2D eigenvalue weighted by Gasteiger charge is 2.18. The van der Waals surface area contributed by atoms with Crippen LogP contribution >= 0.6 is 0 Å². The Morgan fingerprint density at radius 2 is 2.21 bits per heavy atom. The Bertz CT molecular complexity index is 371. The maximum absolute atomic E-state index is 11.3. The fourth-order valence-electron chi connectivity index (χ4n) is 1.03. The first kappa shape index (κ1) is 10.7. The Morgan fingerprint density at radius 1 is 1.57 bits per heavy atom. The van der Waals surface area contributed by atoms with E-state index in [1.807, 2.05) is 13.8 Å². The molecular formula is C9H15N3O2. The first-order valence-electron chi connectivity index (χ1n) is 4.39. The number of anilines is 1. The van der Waals surface area contributed by atoms with Gasteiger partial charge in [-0.05, 0) is 6.07 Å². The van der Waals surface area contributed by atoms with Gasteiger partial charge >= 0.3 is 0 Å². The number of hydrogen-bond donors (Lipinski definition) is 2. The molecule has 0 aliphatic heterocycles. The summed E-state index contributed by atoms with van der Waals surface area (Å²) in [5, 5.41) is 12.9. The Balaban J connectivity index is 2.97. The highest BCUT2D eigenvalue weighted by atomic mass is 16.3. The third kappa shape index (κ3) is 2.56. The maximum Gasteiger partial charge on any atom is 0.266 e. The van der Waals surface area contributed by atoms with Crippen LogP contribution in [-0.2, 0) is 6.54 Å². The van der Waals surface area contributed by atoms with E-state index in [9.17, 15) is 4.79 Å². The minimum Gasteiger partial charge on any atom is -0.396 e. The minimum atomic E-state index is -0.370. The first-order chi connectivity index (χ1) is 6.44. The van der Waals surface area contributed by atoms with Gasteiger partial charge in [-0.3, -0.25) is 4.79 Å². The molecule has 0 unspecified atom stereocenters. The average molecular weight is 197 g/mol. The number of aromatic nitrogens is 2. The largest absolute Gasteiger partial charge is 0.396 e. The maximum atomic E-state index is 11.3. The molecule has 0 fully saturated rings. The predicted octanol–water partition coefficient (Wildman–Crippen LogP) is -0.156. The van der Waals surface area contributed by atoms with Gasteiger partial charge in [-0.2, -0.15) is 5.10 Å². The Morgan fingerprint density at radius 3 is 2.79 bits per heavy atom. The van der Waals surface area contributed by atoms with Crippen molar-refractivity contribution < 1.29 is 5.11 Å². The molecule has 14 heavy (non-hydrogen) atoms.